The van der Waals surface area contributed by atoms with Crippen molar-refractivity contribution in [2.24, 2.45) is 0 Å². The van der Waals surface area contributed by atoms with Gasteiger partial charge in [-0.1, -0.05) is 33.1 Å². The van der Waals surface area contributed by atoms with Gasteiger partial charge in [0.05, 0.1) is 6.61 Å². The van der Waals surface area contributed by atoms with Gasteiger partial charge < -0.3 is 7.59 Å². The second-order valence-corrected chi connectivity index (χ2v) is 3.03. The number of ether oxygens (including phenoxy) is 1. The van der Waals surface area contributed by atoms with E-state index in [4.69, 9.17) is 4.74 Å². The van der Waals surface area contributed by atoms with Crippen LogP contribution in [0, 0.1) is 0 Å². The molecule has 0 aliphatic heterocycles. The Bertz CT molecular complexity index is 112. The fraction of sp³-hybridized carbons (Fsp3) is 0.900. The van der Waals surface area contributed by atoms with Crippen LogP contribution >= 0.6 is 0 Å². The van der Waals surface area contributed by atoms with E-state index < -0.39 is 0 Å². The molecule has 0 aliphatic rings. The molecule has 0 radical (unpaired) electrons. The van der Waals surface area contributed by atoms with Crippen molar-refractivity contribution in [1.82, 2.24) is 0 Å². The molecule has 0 aliphatic carbocycles. The van der Waals surface area contributed by atoms with Gasteiger partial charge in [0, 0.05) is 6.42 Å². The number of carbonyl (C=O) groups is 1. The number of hydrogen-bond donors (Lipinski definition) is 0. The molecular formula is C10H22MgO2. The van der Waals surface area contributed by atoms with E-state index in [2.05, 4.69) is 13.8 Å². The molecular weight excluding hydrogens is 176 g/mol. The third kappa shape index (κ3) is 12.2. The minimum absolute atomic E-state index is 0. The van der Waals surface area contributed by atoms with Gasteiger partial charge in [0.2, 0.25) is 0 Å². The van der Waals surface area contributed by atoms with Crippen LogP contribution in [0.15, 0.2) is 0 Å². The summed E-state index contributed by atoms with van der Waals surface area (Å²) in [6.45, 7) is 4.81. The molecule has 0 amide bonds. The van der Waals surface area contributed by atoms with E-state index >= 15 is 0 Å². The molecule has 0 aromatic heterocycles. The first kappa shape index (κ1) is 15.7. The molecule has 0 unspecified atom stereocenters. The van der Waals surface area contributed by atoms with Crippen molar-refractivity contribution in [3.8, 4) is 0 Å². The summed E-state index contributed by atoms with van der Waals surface area (Å²) in [5, 5.41) is 0. The fourth-order valence-electron chi connectivity index (χ4n) is 0.922. The number of esters is 1. The average molecular weight is 199 g/mol. The topological polar surface area (TPSA) is 26.3 Å². The standard InChI is InChI=1S/C10H20O2.Mg.2H/c1-3-5-7-8-10(11)12-9-6-4-2;;;/h3-9H2,1-2H3;;;/q;+2;2*-1. The first-order valence-electron chi connectivity index (χ1n) is 4.96. The Hall–Kier alpha value is 0.236. The van der Waals surface area contributed by atoms with Gasteiger partial charge in [-0.2, -0.15) is 0 Å². The summed E-state index contributed by atoms with van der Waals surface area (Å²) in [5.74, 6) is -0.0306. The van der Waals surface area contributed by atoms with E-state index in [9.17, 15) is 4.79 Å². The predicted molar refractivity (Wildman–Crippen MR) is 58.0 cm³/mol. The van der Waals surface area contributed by atoms with Crippen molar-refractivity contribution in [2.75, 3.05) is 6.61 Å². The summed E-state index contributed by atoms with van der Waals surface area (Å²) in [4.78, 5) is 11.0. The second-order valence-electron chi connectivity index (χ2n) is 3.03. The summed E-state index contributed by atoms with van der Waals surface area (Å²) < 4.78 is 4.99. The third-order valence-electron chi connectivity index (χ3n) is 1.75. The van der Waals surface area contributed by atoms with Crippen molar-refractivity contribution < 1.29 is 12.4 Å². The molecule has 0 bridgehead atoms. The molecule has 0 saturated carbocycles. The number of unbranched alkanes of at least 4 members (excludes halogenated alkanes) is 3. The quantitative estimate of drug-likeness (QED) is 0.357. The molecule has 0 fully saturated rings. The van der Waals surface area contributed by atoms with Crippen molar-refractivity contribution in [1.29, 1.82) is 0 Å². The third-order valence-corrected chi connectivity index (χ3v) is 1.75. The van der Waals surface area contributed by atoms with Crippen LogP contribution in [0.3, 0.4) is 0 Å². The summed E-state index contributed by atoms with van der Waals surface area (Å²) in [7, 11) is 0. The van der Waals surface area contributed by atoms with E-state index in [-0.39, 0.29) is 31.9 Å². The van der Waals surface area contributed by atoms with Crippen LogP contribution in [0.25, 0.3) is 0 Å². The Morgan fingerprint density at radius 2 is 1.77 bits per heavy atom. The van der Waals surface area contributed by atoms with Crippen LogP contribution in [0.1, 0.15) is 55.2 Å². The first-order valence-corrected chi connectivity index (χ1v) is 4.96. The maximum Gasteiger partial charge on any atom is 2.00 e. The van der Waals surface area contributed by atoms with Gasteiger partial charge in [-0.05, 0) is 12.8 Å². The number of hydrogen-bond acceptors (Lipinski definition) is 2. The van der Waals surface area contributed by atoms with E-state index in [1.807, 2.05) is 0 Å². The minimum atomic E-state index is -0.0306. The molecule has 76 valence electrons. The van der Waals surface area contributed by atoms with Gasteiger partial charge in [0.15, 0.2) is 0 Å². The van der Waals surface area contributed by atoms with Gasteiger partial charge in [-0.25, -0.2) is 0 Å². The van der Waals surface area contributed by atoms with Gasteiger partial charge in [0.1, 0.15) is 0 Å². The maximum absolute atomic E-state index is 11.0. The van der Waals surface area contributed by atoms with Crippen LogP contribution < -0.4 is 0 Å². The fourth-order valence-corrected chi connectivity index (χ4v) is 0.922. The van der Waals surface area contributed by atoms with Crippen LogP contribution in [0.4, 0.5) is 0 Å². The molecule has 13 heavy (non-hydrogen) atoms. The van der Waals surface area contributed by atoms with Gasteiger partial charge >= 0.3 is 29.0 Å². The second kappa shape index (κ2) is 12.2. The molecule has 0 atom stereocenters. The molecule has 0 spiro atoms. The molecule has 0 saturated heterocycles. The molecule has 0 N–H and O–H groups in total. The first-order chi connectivity index (χ1) is 5.81. The number of rotatable bonds is 7. The predicted octanol–water partition coefficient (Wildman–Crippen LogP) is 2.75. The summed E-state index contributed by atoms with van der Waals surface area (Å²) >= 11 is 0. The largest absolute Gasteiger partial charge is 2.00 e. The molecule has 3 heteroatoms. The van der Waals surface area contributed by atoms with Crippen molar-refractivity contribution in [2.45, 2.75) is 52.4 Å². The van der Waals surface area contributed by atoms with E-state index in [0.29, 0.717) is 13.0 Å². The van der Waals surface area contributed by atoms with Gasteiger partial charge in [-0.15, -0.1) is 0 Å². The summed E-state index contributed by atoms with van der Waals surface area (Å²) in [6, 6.07) is 0. The Labute approximate surface area is 101 Å². The summed E-state index contributed by atoms with van der Waals surface area (Å²) in [6.07, 6.45) is 5.92. The molecule has 0 aromatic carbocycles. The molecule has 2 nitrogen and oxygen atoms in total. The zero-order valence-electron chi connectivity index (χ0n) is 11.0. The summed E-state index contributed by atoms with van der Waals surface area (Å²) in [5.41, 5.74) is 0. The Morgan fingerprint density at radius 3 is 2.31 bits per heavy atom. The van der Waals surface area contributed by atoms with Crippen LogP contribution in [-0.4, -0.2) is 35.6 Å². The van der Waals surface area contributed by atoms with Crippen LogP contribution in [0.5, 0.6) is 0 Å². The smallest absolute Gasteiger partial charge is 1.00 e. The zero-order chi connectivity index (χ0) is 9.23. The Kier molecular flexibility index (Phi) is 14.8. The Balaban J connectivity index is -0.000000202. The van der Waals surface area contributed by atoms with E-state index in [0.717, 1.165) is 32.1 Å². The van der Waals surface area contributed by atoms with E-state index in [1.54, 1.807) is 0 Å². The molecule has 0 rings (SSSR count). The van der Waals surface area contributed by atoms with Gasteiger partial charge in [0.25, 0.3) is 0 Å². The van der Waals surface area contributed by atoms with E-state index in [1.165, 1.54) is 0 Å². The molecule has 0 aromatic rings. The van der Waals surface area contributed by atoms with Crippen LogP contribution in [-0.2, 0) is 9.53 Å². The monoisotopic (exact) mass is 198 g/mol. The number of carbonyl (C=O) groups excluding carboxylic acids is 1. The van der Waals surface area contributed by atoms with Crippen molar-refractivity contribution in [3.05, 3.63) is 0 Å². The van der Waals surface area contributed by atoms with Gasteiger partial charge in [-0.3, -0.25) is 4.79 Å². The van der Waals surface area contributed by atoms with Crippen LogP contribution in [0.2, 0.25) is 0 Å². The maximum atomic E-state index is 11.0. The normalized spacial score (nSPS) is 9.08. The van der Waals surface area contributed by atoms with Crippen molar-refractivity contribution >= 4 is 29.0 Å². The minimum Gasteiger partial charge on any atom is -1.00 e. The SMILES string of the molecule is CCCCCC(=O)OCCCC.[H-].[H-].[Mg+2]. The van der Waals surface area contributed by atoms with Crippen molar-refractivity contribution in [3.63, 3.8) is 0 Å². The average Bonchev–Trinajstić information content (AvgIpc) is 2.06. The Morgan fingerprint density at radius 1 is 1.15 bits per heavy atom. The molecule has 0 heterocycles. The zero-order valence-corrected chi connectivity index (χ0v) is 10.4.